The molecular formula is C26H22N2O2. The third-order valence-electron chi connectivity index (χ3n) is 6.85. The second-order valence-electron chi connectivity index (χ2n) is 8.36. The molecule has 30 heavy (non-hydrogen) atoms. The molecule has 0 saturated carbocycles. The van der Waals surface area contributed by atoms with Crippen molar-refractivity contribution < 1.29 is 9.59 Å². The fraction of sp³-hybridized carbons (Fsp3) is 0.231. The molecule has 0 aliphatic carbocycles. The Morgan fingerprint density at radius 2 is 1.37 bits per heavy atom. The lowest BCUT2D eigenvalue weighted by molar-refractivity contribution is -0.132. The van der Waals surface area contributed by atoms with Crippen LogP contribution in [0, 0.1) is 0 Å². The average Bonchev–Trinajstić information content (AvgIpc) is 3.32. The number of nitrogens with zero attached hydrogens (tertiary/aromatic N) is 2. The van der Waals surface area contributed by atoms with Gasteiger partial charge >= 0.3 is 0 Å². The molecule has 4 heteroatoms. The number of carbonyl (C=O) groups is 2. The summed E-state index contributed by atoms with van der Waals surface area (Å²) in [6.07, 6.45) is 1.37. The molecule has 0 bridgehead atoms. The minimum atomic E-state index is -0.129. The Balaban J connectivity index is 1.48. The minimum absolute atomic E-state index is 0.0494. The van der Waals surface area contributed by atoms with Gasteiger partial charge in [0.25, 0.3) is 5.91 Å². The number of hydrogen-bond donors (Lipinski definition) is 0. The van der Waals surface area contributed by atoms with Crippen LogP contribution in [0.25, 0.3) is 0 Å². The topological polar surface area (TPSA) is 40.6 Å². The van der Waals surface area contributed by atoms with Gasteiger partial charge in [-0.3, -0.25) is 9.59 Å². The Kier molecular flexibility index (Phi) is 3.82. The first-order chi connectivity index (χ1) is 14.7. The molecule has 3 aromatic rings. The monoisotopic (exact) mass is 394 g/mol. The average molecular weight is 394 g/mol. The lowest BCUT2D eigenvalue weighted by atomic mass is 9.86. The number of benzene rings is 3. The molecule has 3 aromatic carbocycles. The van der Waals surface area contributed by atoms with E-state index in [-0.39, 0.29) is 29.9 Å². The van der Waals surface area contributed by atoms with Gasteiger partial charge in [0.1, 0.15) is 0 Å². The molecule has 0 aromatic heterocycles. The van der Waals surface area contributed by atoms with Crippen LogP contribution in [0.15, 0.2) is 78.9 Å². The van der Waals surface area contributed by atoms with Crippen molar-refractivity contribution in [2.45, 2.75) is 31.0 Å². The van der Waals surface area contributed by atoms with Crippen LogP contribution in [-0.4, -0.2) is 28.2 Å². The zero-order valence-electron chi connectivity index (χ0n) is 16.6. The molecule has 0 radical (unpaired) electrons. The summed E-state index contributed by atoms with van der Waals surface area (Å²) in [4.78, 5) is 30.3. The van der Waals surface area contributed by atoms with Gasteiger partial charge in [0.05, 0.1) is 18.1 Å². The van der Waals surface area contributed by atoms with Crippen LogP contribution in [0.5, 0.6) is 0 Å². The Bertz CT molecular complexity index is 1160. The molecular weight excluding hydrogens is 372 g/mol. The van der Waals surface area contributed by atoms with Crippen molar-refractivity contribution in [3.05, 3.63) is 107 Å². The lowest BCUT2D eigenvalue weighted by Crippen LogP contribution is -2.45. The fourth-order valence-corrected chi connectivity index (χ4v) is 5.58. The highest BCUT2D eigenvalue weighted by atomic mass is 16.2. The van der Waals surface area contributed by atoms with Gasteiger partial charge in [-0.05, 0) is 34.7 Å². The van der Waals surface area contributed by atoms with Crippen LogP contribution in [0.2, 0.25) is 0 Å². The molecule has 1 saturated heterocycles. The summed E-state index contributed by atoms with van der Waals surface area (Å²) < 4.78 is 0. The van der Waals surface area contributed by atoms with Crippen molar-refractivity contribution in [1.82, 2.24) is 9.80 Å². The number of amides is 2. The Hall–Kier alpha value is -3.40. The molecule has 1 fully saturated rings. The van der Waals surface area contributed by atoms with Crippen LogP contribution >= 0.6 is 0 Å². The van der Waals surface area contributed by atoms with E-state index in [0.29, 0.717) is 13.0 Å². The van der Waals surface area contributed by atoms with Gasteiger partial charge in [-0.2, -0.15) is 0 Å². The smallest absolute Gasteiger partial charge is 0.255 e. The summed E-state index contributed by atoms with van der Waals surface area (Å²) >= 11 is 0. The summed E-state index contributed by atoms with van der Waals surface area (Å²) in [6.45, 7) is 0.532. The van der Waals surface area contributed by atoms with E-state index in [9.17, 15) is 9.59 Å². The molecule has 148 valence electrons. The molecule has 0 N–H and O–H groups in total. The van der Waals surface area contributed by atoms with Gasteiger partial charge in [0.2, 0.25) is 5.91 Å². The minimum Gasteiger partial charge on any atom is -0.327 e. The highest BCUT2D eigenvalue weighted by Gasteiger charge is 2.47. The van der Waals surface area contributed by atoms with Gasteiger partial charge in [-0.25, -0.2) is 0 Å². The van der Waals surface area contributed by atoms with E-state index in [2.05, 4.69) is 30.3 Å². The fourth-order valence-electron chi connectivity index (χ4n) is 5.58. The van der Waals surface area contributed by atoms with Gasteiger partial charge < -0.3 is 9.80 Å². The van der Waals surface area contributed by atoms with Crippen molar-refractivity contribution in [1.29, 1.82) is 0 Å². The van der Waals surface area contributed by atoms with E-state index < -0.39 is 0 Å². The number of likely N-dealkylation sites (tertiary alicyclic amines) is 1. The van der Waals surface area contributed by atoms with Crippen LogP contribution in [-0.2, 0) is 4.79 Å². The Morgan fingerprint density at radius 3 is 2.17 bits per heavy atom. The largest absolute Gasteiger partial charge is 0.327 e. The third kappa shape index (κ3) is 2.40. The number of hydrogen-bond acceptors (Lipinski definition) is 2. The maximum Gasteiger partial charge on any atom is 0.255 e. The van der Waals surface area contributed by atoms with Crippen molar-refractivity contribution >= 4 is 11.8 Å². The molecule has 1 unspecified atom stereocenters. The summed E-state index contributed by atoms with van der Waals surface area (Å²) in [5.74, 6) is 0.240. The third-order valence-corrected chi connectivity index (χ3v) is 6.85. The SMILES string of the molecule is O=C1c2ccccc2[C@@H]2c3ccccc3[C@@H](N3C(=O)CCC3c3ccccc3)CN12. The molecule has 4 nitrogen and oxygen atoms in total. The van der Waals surface area contributed by atoms with E-state index in [4.69, 9.17) is 0 Å². The van der Waals surface area contributed by atoms with E-state index in [0.717, 1.165) is 23.1 Å². The van der Waals surface area contributed by atoms with Crippen molar-refractivity contribution in [3.63, 3.8) is 0 Å². The van der Waals surface area contributed by atoms with E-state index in [1.54, 1.807) is 0 Å². The van der Waals surface area contributed by atoms with E-state index >= 15 is 0 Å². The maximum atomic E-state index is 13.3. The van der Waals surface area contributed by atoms with Crippen molar-refractivity contribution in [2.75, 3.05) is 6.54 Å². The van der Waals surface area contributed by atoms with Crippen molar-refractivity contribution in [3.8, 4) is 0 Å². The van der Waals surface area contributed by atoms with Gasteiger partial charge in [0, 0.05) is 18.5 Å². The standard InChI is InChI=1S/C26H22N2O2/c29-24-15-14-22(17-8-2-1-3-9-17)28(24)23-16-27-25(19-11-5-4-10-18(19)23)20-12-6-7-13-21(20)26(27)30/h1-13,22-23,25H,14-16H2/t22?,23-,25-/m0/s1. The van der Waals surface area contributed by atoms with E-state index in [1.165, 1.54) is 11.1 Å². The first kappa shape index (κ1) is 17.5. The van der Waals surface area contributed by atoms with Gasteiger partial charge in [-0.1, -0.05) is 72.8 Å². The van der Waals surface area contributed by atoms with Crippen molar-refractivity contribution in [2.24, 2.45) is 0 Å². The molecule has 3 atom stereocenters. The summed E-state index contributed by atoms with van der Waals surface area (Å²) in [5.41, 5.74) is 5.32. The first-order valence-electron chi connectivity index (χ1n) is 10.6. The molecule has 3 aliphatic heterocycles. The summed E-state index contributed by atoms with van der Waals surface area (Å²) in [6, 6.07) is 26.4. The molecule has 3 aliphatic rings. The zero-order valence-corrected chi connectivity index (χ0v) is 16.6. The number of carbonyl (C=O) groups excluding carboxylic acids is 2. The molecule has 6 rings (SSSR count). The second kappa shape index (κ2) is 6.56. The van der Waals surface area contributed by atoms with Crippen LogP contribution in [0.3, 0.4) is 0 Å². The lowest BCUT2D eigenvalue weighted by Gasteiger charge is -2.43. The number of rotatable bonds is 2. The maximum absolute atomic E-state index is 13.3. The summed E-state index contributed by atoms with van der Waals surface area (Å²) in [5, 5.41) is 0. The molecule has 3 heterocycles. The Labute approximate surface area is 175 Å². The van der Waals surface area contributed by atoms with Crippen LogP contribution in [0.1, 0.15) is 63.6 Å². The predicted molar refractivity (Wildman–Crippen MR) is 114 cm³/mol. The Morgan fingerprint density at radius 1 is 0.700 bits per heavy atom. The summed E-state index contributed by atoms with van der Waals surface area (Å²) in [7, 11) is 0. The quantitative estimate of drug-likeness (QED) is 0.635. The molecule has 0 spiro atoms. The van der Waals surface area contributed by atoms with Crippen LogP contribution in [0.4, 0.5) is 0 Å². The predicted octanol–water partition coefficient (Wildman–Crippen LogP) is 4.65. The second-order valence-corrected chi connectivity index (χ2v) is 8.36. The molecule has 2 amide bonds. The van der Waals surface area contributed by atoms with Crippen LogP contribution < -0.4 is 0 Å². The highest BCUT2D eigenvalue weighted by molar-refractivity contribution is 6.00. The van der Waals surface area contributed by atoms with Gasteiger partial charge in [0.15, 0.2) is 0 Å². The normalized spacial score (nSPS) is 24.6. The number of fused-ring (bicyclic) bond motifs is 5. The van der Waals surface area contributed by atoms with Gasteiger partial charge in [-0.15, -0.1) is 0 Å². The van der Waals surface area contributed by atoms with E-state index in [1.807, 2.05) is 58.3 Å². The zero-order chi connectivity index (χ0) is 20.2. The highest BCUT2D eigenvalue weighted by Crippen LogP contribution is 2.49. The first-order valence-corrected chi connectivity index (χ1v) is 10.6.